The van der Waals surface area contributed by atoms with Crippen LogP contribution in [-0.4, -0.2) is 85.1 Å². The van der Waals surface area contributed by atoms with E-state index < -0.39 is 62.6 Å². The van der Waals surface area contributed by atoms with E-state index in [-0.39, 0.29) is 17.1 Å². The molecule has 9 atom stereocenters. The number of hydrogen-bond donors (Lipinski definition) is 3. The summed E-state index contributed by atoms with van der Waals surface area (Å²) in [5, 5.41) is 30.1. The summed E-state index contributed by atoms with van der Waals surface area (Å²) in [7, 11) is -1.76. The minimum absolute atomic E-state index is 0.234. The molecule has 0 unspecified atom stereocenters. The number of methoxy groups -OCH3 is 2. The van der Waals surface area contributed by atoms with E-state index in [0.29, 0.717) is 12.8 Å². The van der Waals surface area contributed by atoms with Crippen molar-refractivity contribution in [2.75, 3.05) is 20.0 Å². The number of sulfone groups is 1. The standard InChI is InChI=1S/C19H30O9S/c1-17(2)9-5-6-18(17,10(20)7-9)8-29(24,25)14-11(16(23)26-3)19(27-4)15(22)12(21)13(14)28-19/h9-15,20-22H,5-8H2,1-4H3/t9-,10-,11+,12-,13+,14+,15-,18-,19+/m1/s1. The van der Waals surface area contributed by atoms with E-state index in [9.17, 15) is 28.5 Å². The Bertz CT molecular complexity index is 810. The summed E-state index contributed by atoms with van der Waals surface area (Å²) in [4.78, 5) is 12.6. The zero-order chi connectivity index (χ0) is 21.6. The lowest BCUT2D eigenvalue weighted by atomic mass is 9.70. The van der Waals surface area contributed by atoms with Crippen LogP contribution in [0.15, 0.2) is 0 Å². The van der Waals surface area contributed by atoms with Crippen LogP contribution in [0.3, 0.4) is 0 Å². The van der Waals surface area contributed by atoms with E-state index in [1.807, 2.05) is 13.8 Å². The van der Waals surface area contributed by atoms with E-state index in [2.05, 4.69) is 0 Å². The van der Waals surface area contributed by atoms with Gasteiger partial charge in [0.25, 0.3) is 0 Å². The molecule has 0 radical (unpaired) electrons. The molecule has 0 aromatic heterocycles. The highest BCUT2D eigenvalue weighted by atomic mass is 32.2. The van der Waals surface area contributed by atoms with Crippen molar-refractivity contribution in [3.05, 3.63) is 0 Å². The molecule has 2 aliphatic carbocycles. The number of hydrogen-bond acceptors (Lipinski definition) is 9. The second kappa shape index (κ2) is 6.37. The lowest BCUT2D eigenvalue weighted by Crippen LogP contribution is -2.62. The van der Waals surface area contributed by atoms with Crippen LogP contribution in [0.2, 0.25) is 0 Å². The van der Waals surface area contributed by atoms with Gasteiger partial charge in [0, 0.05) is 12.5 Å². The van der Waals surface area contributed by atoms with E-state index in [0.717, 1.165) is 13.5 Å². The van der Waals surface area contributed by atoms with Crippen LogP contribution in [0.1, 0.15) is 33.1 Å². The van der Waals surface area contributed by atoms with Crippen molar-refractivity contribution in [2.45, 2.75) is 68.6 Å². The van der Waals surface area contributed by atoms with Gasteiger partial charge in [-0.25, -0.2) is 8.42 Å². The molecule has 4 rings (SSSR count). The van der Waals surface area contributed by atoms with E-state index in [4.69, 9.17) is 14.2 Å². The molecule has 10 heteroatoms. The molecular formula is C19H30O9S. The van der Waals surface area contributed by atoms with Gasteiger partial charge in [-0.2, -0.15) is 0 Å². The molecule has 2 saturated carbocycles. The summed E-state index contributed by atoms with van der Waals surface area (Å²) in [6.45, 7) is 3.97. The summed E-state index contributed by atoms with van der Waals surface area (Å²) in [6.07, 6.45) is -3.22. The Morgan fingerprint density at radius 3 is 2.34 bits per heavy atom. The number of esters is 1. The summed E-state index contributed by atoms with van der Waals surface area (Å²) < 4.78 is 43.1. The SMILES string of the molecule is COC(=O)[C@@H]1[C@H](S(=O)(=O)C[C@]23CC[C@H](C[C@H]2O)C3(C)C)[C@H]2O[C@]1(OC)[C@H](O)[C@@H]2O. The molecule has 29 heavy (non-hydrogen) atoms. The lowest BCUT2D eigenvalue weighted by Gasteiger charge is -2.43. The fourth-order valence-corrected chi connectivity index (χ4v) is 9.63. The third kappa shape index (κ3) is 2.44. The monoisotopic (exact) mass is 434 g/mol. The highest BCUT2D eigenvalue weighted by molar-refractivity contribution is 7.92. The van der Waals surface area contributed by atoms with Crippen molar-refractivity contribution in [2.24, 2.45) is 22.7 Å². The molecule has 166 valence electrons. The molecule has 0 aromatic carbocycles. The lowest BCUT2D eigenvalue weighted by molar-refractivity contribution is -0.246. The van der Waals surface area contributed by atoms with Crippen molar-refractivity contribution >= 4 is 15.8 Å². The average Bonchev–Trinajstić information content (AvgIpc) is 3.28. The number of carbonyl (C=O) groups is 1. The van der Waals surface area contributed by atoms with E-state index >= 15 is 0 Å². The molecule has 9 nitrogen and oxygen atoms in total. The third-order valence-corrected chi connectivity index (χ3v) is 10.8. The predicted octanol–water partition coefficient (Wildman–Crippen LogP) is -0.777. The first-order chi connectivity index (χ1) is 13.4. The second-order valence-electron chi connectivity index (χ2n) is 9.58. The number of aliphatic hydroxyl groups is 3. The van der Waals surface area contributed by atoms with Crippen LogP contribution >= 0.6 is 0 Å². The first-order valence-corrected chi connectivity index (χ1v) is 11.7. The van der Waals surface area contributed by atoms with Gasteiger partial charge in [-0.3, -0.25) is 4.79 Å². The van der Waals surface area contributed by atoms with Crippen molar-refractivity contribution < 1.29 is 42.7 Å². The quantitative estimate of drug-likeness (QED) is 0.476. The Labute approximate surface area is 170 Å². The molecule has 0 amide bonds. The molecule has 2 saturated heterocycles. The highest BCUT2D eigenvalue weighted by Crippen LogP contribution is 2.66. The van der Waals surface area contributed by atoms with Gasteiger partial charge in [-0.1, -0.05) is 13.8 Å². The molecule has 2 aliphatic heterocycles. The summed E-state index contributed by atoms with van der Waals surface area (Å²) in [6, 6.07) is 0. The average molecular weight is 435 g/mol. The fourth-order valence-electron chi connectivity index (χ4n) is 6.67. The van der Waals surface area contributed by atoms with Crippen molar-refractivity contribution in [1.29, 1.82) is 0 Å². The van der Waals surface area contributed by atoms with Gasteiger partial charge < -0.3 is 29.5 Å². The van der Waals surface area contributed by atoms with Gasteiger partial charge in [-0.15, -0.1) is 0 Å². The maximum Gasteiger partial charge on any atom is 0.315 e. The smallest absolute Gasteiger partial charge is 0.315 e. The van der Waals surface area contributed by atoms with Gasteiger partial charge in [-0.05, 0) is 30.6 Å². The Hall–Kier alpha value is -0.780. The number of ether oxygens (including phenoxy) is 3. The van der Waals surface area contributed by atoms with Crippen LogP contribution < -0.4 is 0 Å². The van der Waals surface area contributed by atoms with Gasteiger partial charge in [0.2, 0.25) is 5.79 Å². The van der Waals surface area contributed by atoms with Gasteiger partial charge >= 0.3 is 5.97 Å². The normalized spacial score (nSPS) is 50.2. The fraction of sp³-hybridized carbons (Fsp3) is 0.947. The first kappa shape index (κ1) is 21.5. The largest absolute Gasteiger partial charge is 0.469 e. The van der Waals surface area contributed by atoms with Crippen molar-refractivity contribution in [1.82, 2.24) is 0 Å². The molecule has 4 fully saturated rings. The second-order valence-corrected chi connectivity index (χ2v) is 11.7. The summed E-state index contributed by atoms with van der Waals surface area (Å²) in [5.41, 5.74) is -1.21. The zero-order valence-corrected chi connectivity index (χ0v) is 17.9. The Balaban J connectivity index is 1.76. The number of aliphatic hydroxyl groups excluding tert-OH is 3. The topological polar surface area (TPSA) is 140 Å². The Kier molecular flexibility index (Phi) is 4.71. The third-order valence-electron chi connectivity index (χ3n) is 8.51. The number of fused-ring (bicyclic) bond motifs is 4. The molecule has 0 aromatic rings. The van der Waals surface area contributed by atoms with Gasteiger partial charge in [0.15, 0.2) is 9.84 Å². The maximum absolute atomic E-state index is 13.7. The summed E-state index contributed by atoms with van der Waals surface area (Å²) in [5.74, 6) is -4.42. The van der Waals surface area contributed by atoms with Crippen molar-refractivity contribution in [3.63, 3.8) is 0 Å². The molecular weight excluding hydrogens is 404 g/mol. The highest BCUT2D eigenvalue weighted by Gasteiger charge is 2.76. The van der Waals surface area contributed by atoms with Crippen LogP contribution in [0.5, 0.6) is 0 Å². The Morgan fingerprint density at radius 2 is 1.86 bits per heavy atom. The van der Waals surface area contributed by atoms with Gasteiger partial charge in [0.1, 0.15) is 29.5 Å². The van der Waals surface area contributed by atoms with Crippen molar-refractivity contribution in [3.8, 4) is 0 Å². The zero-order valence-electron chi connectivity index (χ0n) is 17.1. The maximum atomic E-state index is 13.7. The number of carbonyl (C=O) groups excluding carboxylic acids is 1. The first-order valence-electron chi connectivity index (χ1n) is 9.96. The van der Waals surface area contributed by atoms with Crippen LogP contribution in [0, 0.1) is 22.7 Å². The van der Waals surface area contributed by atoms with Gasteiger partial charge in [0.05, 0.1) is 19.0 Å². The van der Waals surface area contributed by atoms with Crippen LogP contribution in [0.25, 0.3) is 0 Å². The predicted molar refractivity (Wildman–Crippen MR) is 99.3 cm³/mol. The van der Waals surface area contributed by atoms with Crippen LogP contribution in [0.4, 0.5) is 0 Å². The van der Waals surface area contributed by atoms with E-state index in [1.54, 1.807) is 0 Å². The molecule has 4 aliphatic rings. The number of rotatable bonds is 5. The molecule has 0 spiro atoms. The summed E-state index contributed by atoms with van der Waals surface area (Å²) >= 11 is 0. The van der Waals surface area contributed by atoms with Crippen LogP contribution in [-0.2, 0) is 28.8 Å². The molecule has 2 heterocycles. The minimum atomic E-state index is -4.07. The molecule has 4 bridgehead atoms. The molecule has 3 N–H and O–H groups in total. The Morgan fingerprint density at radius 1 is 1.21 bits per heavy atom. The minimum Gasteiger partial charge on any atom is -0.469 e. The van der Waals surface area contributed by atoms with E-state index in [1.165, 1.54) is 7.11 Å².